The van der Waals surface area contributed by atoms with Crippen LogP contribution in [0.25, 0.3) is 0 Å². The number of nitrogens with one attached hydrogen (secondary N) is 2. The highest BCUT2D eigenvalue weighted by atomic mass is 32.2. The molecule has 1 saturated carbocycles. The highest BCUT2D eigenvalue weighted by Gasteiger charge is 2.44. The van der Waals surface area contributed by atoms with Crippen LogP contribution in [0.2, 0.25) is 0 Å². The summed E-state index contributed by atoms with van der Waals surface area (Å²) in [5.74, 6) is 0.599. The summed E-state index contributed by atoms with van der Waals surface area (Å²) in [4.78, 5) is 23.8. The summed E-state index contributed by atoms with van der Waals surface area (Å²) in [7, 11) is -3.69. The molecule has 1 spiro atoms. The summed E-state index contributed by atoms with van der Waals surface area (Å²) in [6.07, 6.45) is 6.76. The minimum absolute atomic E-state index is 0.101. The monoisotopic (exact) mass is 575 g/mol. The van der Waals surface area contributed by atoms with E-state index in [4.69, 9.17) is 14.8 Å². The fourth-order valence-electron chi connectivity index (χ4n) is 5.38. The van der Waals surface area contributed by atoms with Gasteiger partial charge in [-0.1, -0.05) is 0 Å². The van der Waals surface area contributed by atoms with Crippen LogP contribution in [-0.4, -0.2) is 81.9 Å². The van der Waals surface area contributed by atoms with E-state index in [1.54, 1.807) is 30.0 Å². The smallest absolute Gasteiger partial charge is 0.258 e. The van der Waals surface area contributed by atoms with Crippen molar-refractivity contribution in [2.75, 3.05) is 71.2 Å². The molecule has 3 fully saturated rings. The van der Waals surface area contributed by atoms with Gasteiger partial charge in [0.15, 0.2) is 0 Å². The van der Waals surface area contributed by atoms with Crippen molar-refractivity contribution in [2.45, 2.75) is 43.6 Å². The molecule has 5 rings (SSSR count). The van der Waals surface area contributed by atoms with Gasteiger partial charge in [0.2, 0.25) is 10.0 Å². The molecule has 2 saturated heterocycles. The number of thioether (sulfide) groups is 1. The zero-order valence-corrected chi connectivity index (χ0v) is 24.1. The first-order valence-electron chi connectivity index (χ1n) is 13.4. The van der Waals surface area contributed by atoms with Crippen LogP contribution in [-0.2, 0) is 14.8 Å². The van der Waals surface area contributed by atoms with Crippen LogP contribution in [0.5, 0.6) is 0 Å². The van der Waals surface area contributed by atoms with Gasteiger partial charge in [-0.3, -0.25) is 9.52 Å². The lowest BCUT2D eigenvalue weighted by molar-refractivity contribution is 0.0527. The maximum atomic E-state index is 13.6. The van der Waals surface area contributed by atoms with Crippen molar-refractivity contribution in [3.63, 3.8) is 0 Å². The third-order valence-corrected chi connectivity index (χ3v) is 9.86. The standard InChI is InChI=1S/C27H37N5O5S2/c1-19-18-32(13-15-37-19)25-23(38-2)5-6-24(28-25)29-26(34)21-4-3-20(30-39(35,36)16-14-33)17-22(21)31-11-9-27(7-8-27)10-12-31/h3-6,17,19,30,33H,7-16,18H2,1-2H3,(H,28,29,34)/t19-/m1/s1. The van der Waals surface area contributed by atoms with E-state index >= 15 is 0 Å². The number of aromatic nitrogens is 1. The van der Waals surface area contributed by atoms with E-state index in [0.29, 0.717) is 34.8 Å². The van der Waals surface area contributed by atoms with Crippen LogP contribution in [0.3, 0.4) is 0 Å². The van der Waals surface area contributed by atoms with Crippen molar-refractivity contribution < 1.29 is 23.1 Å². The van der Waals surface area contributed by atoms with Crippen LogP contribution in [0, 0.1) is 5.41 Å². The summed E-state index contributed by atoms with van der Waals surface area (Å²) < 4.78 is 32.8. The number of anilines is 4. The number of pyridine rings is 1. The number of hydrogen-bond acceptors (Lipinski definition) is 9. The molecule has 39 heavy (non-hydrogen) atoms. The Balaban J connectivity index is 1.41. The lowest BCUT2D eigenvalue weighted by Gasteiger charge is -2.35. The van der Waals surface area contributed by atoms with Crippen molar-refractivity contribution >= 4 is 50.7 Å². The minimum Gasteiger partial charge on any atom is -0.395 e. The number of sulfonamides is 1. The number of benzene rings is 1. The minimum atomic E-state index is -3.69. The number of hydrogen-bond donors (Lipinski definition) is 3. The number of amides is 1. The maximum Gasteiger partial charge on any atom is 0.258 e. The van der Waals surface area contributed by atoms with Gasteiger partial charge in [-0.15, -0.1) is 11.8 Å². The third kappa shape index (κ3) is 6.62. The van der Waals surface area contributed by atoms with E-state index in [9.17, 15) is 13.2 Å². The maximum absolute atomic E-state index is 13.6. The number of carbonyl (C=O) groups excluding carboxylic acids is 1. The van der Waals surface area contributed by atoms with Gasteiger partial charge in [-0.05, 0) is 74.6 Å². The lowest BCUT2D eigenvalue weighted by Crippen LogP contribution is -2.41. The van der Waals surface area contributed by atoms with E-state index < -0.39 is 22.4 Å². The molecular weight excluding hydrogens is 538 g/mol. The molecule has 1 atom stereocenters. The Labute approximate surface area is 234 Å². The van der Waals surface area contributed by atoms with Crippen LogP contribution < -0.4 is 19.8 Å². The van der Waals surface area contributed by atoms with Crippen molar-refractivity contribution in [1.29, 1.82) is 0 Å². The molecule has 1 aliphatic carbocycles. The number of aliphatic hydroxyl groups is 1. The molecule has 0 radical (unpaired) electrons. The van der Waals surface area contributed by atoms with E-state index in [1.165, 1.54) is 12.8 Å². The summed E-state index contributed by atoms with van der Waals surface area (Å²) >= 11 is 1.61. The molecule has 3 N–H and O–H groups in total. The van der Waals surface area contributed by atoms with Gasteiger partial charge in [0.05, 0.1) is 42.0 Å². The molecule has 3 heterocycles. The van der Waals surface area contributed by atoms with E-state index in [1.807, 2.05) is 25.3 Å². The molecule has 212 valence electrons. The molecule has 1 aromatic carbocycles. The molecular formula is C27H37N5O5S2. The zero-order chi connectivity index (χ0) is 27.6. The average Bonchev–Trinajstić information content (AvgIpc) is 3.67. The van der Waals surface area contributed by atoms with Gasteiger partial charge >= 0.3 is 0 Å². The zero-order valence-electron chi connectivity index (χ0n) is 22.5. The lowest BCUT2D eigenvalue weighted by atomic mass is 9.93. The Hall–Kier alpha value is -2.54. The fourth-order valence-corrected chi connectivity index (χ4v) is 6.77. The molecule has 3 aliphatic rings. The number of piperidine rings is 1. The summed E-state index contributed by atoms with van der Waals surface area (Å²) in [6.45, 7) is 5.28. The van der Waals surface area contributed by atoms with Crippen molar-refractivity contribution in [2.24, 2.45) is 5.41 Å². The number of nitrogens with zero attached hydrogens (tertiary/aromatic N) is 3. The quantitative estimate of drug-likeness (QED) is 0.386. The average molecular weight is 576 g/mol. The first-order chi connectivity index (χ1) is 18.7. The fraction of sp³-hybridized carbons (Fsp3) is 0.556. The van der Waals surface area contributed by atoms with Gasteiger partial charge in [0, 0.05) is 31.1 Å². The van der Waals surface area contributed by atoms with Gasteiger partial charge in [0.1, 0.15) is 11.6 Å². The van der Waals surface area contributed by atoms with E-state index in [2.05, 4.69) is 19.8 Å². The normalized spacial score (nSPS) is 20.6. The Morgan fingerprint density at radius 2 is 1.92 bits per heavy atom. The summed E-state index contributed by atoms with van der Waals surface area (Å²) in [5.41, 5.74) is 1.97. The van der Waals surface area contributed by atoms with E-state index in [-0.39, 0.29) is 12.0 Å². The number of ether oxygens (including phenoxy) is 1. The van der Waals surface area contributed by atoms with Gasteiger partial charge in [-0.2, -0.15) is 0 Å². The molecule has 0 bridgehead atoms. The summed E-state index contributed by atoms with van der Waals surface area (Å²) in [6, 6.07) is 8.75. The summed E-state index contributed by atoms with van der Waals surface area (Å²) in [5, 5.41) is 12.1. The SMILES string of the molecule is CSc1ccc(NC(=O)c2ccc(NS(=O)(=O)CCO)cc2N2CCC3(CC2)CC3)nc1N1CCO[C@H](C)C1. The third-order valence-electron chi connectivity index (χ3n) is 7.84. The number of aliphatic hydroxyl groups excluding tert-OH is 1. The number of rotatable bonds is 9. The van der Waals surface area contributed by atoms with Gasteiger partial charge in [-0.25, -0.2) is 13.4 Å². The highest BCUT2D eigenvalue weighted by Crippen LogP contribution is 2.54. The Kier molecular flexibility index (Phi) is 8.27. The molecule has 12 heteroatoms. The van der Waals surface area contributed by atoms with Crippen LogP contribution in [0.15, 0.2) is 35.2 Å². The number of morpholine rings is 1. The predicted molar refractivity (Wildman–Crippen MR) is 156 cm³/mol. The predicted octanol–water partition coefficient (Wildman–Crippen LogP) is 3.40. The second-order valence-corrected chi connectivity index (χ2v) is 13.4. The highest BCUT2D eigenvalue weighted by molar-refractivity contribution is 7.98. The first-order valence-corrected chi connectivity index (χ1v) is 16.3. The molecule has 0 unspecified atom stereocenters. The second-order valence-electron chi connectivity index (χ2n) is 10.7. The molecule has 2 aliphatic heterocycles. The Morgan fingerprint density at radius 1 is 1.15 bits per heavy atom. The van der Waals surface area contributed by atoms with Gasteiger partial charge in [0.25, 0.3) is 5.91 Å². The van der Waals surface area contributed by atoms with Crippen LogP contribution in [0.4, 0.5) is 23.0 Å². The molecule has 1 aromatic heterocycles. The second kappa shape index (κ2) is 11.5. The Bertz CT molecular complexity index is 1310. The van der Waals surface area contributed by atoms with E-state index in [0.717, 1.165) is 49.7 Å². The van der Waals surface area contributed by atoms with Crippen LogP contribution >= 0.6 is 11.8 Å². The van der Waals surface area contributed by atoms with Gasteiger partial charge < -0.3 is 25.0 Å². The molecule has 10 nitrogen and oxygen atoms in total. The topological polar surface area (TPSA) is 124 Å². The number of carbonyl (C=O) groups is 1. The molecule has 1 amide bonds. The van der Waals surface area contributed by atoms with Crippen LogP contribution in [0.1, 0.15) is 43.0 Å². The van der Waals surface area contributed by atoms with Crippen molar-refractivity contribution in [3.05, 3.63) is 35.9 Å². The van der Waals surface area contributed by atoms with Crippen molar-refractivity contribution in [1.82, 2.24) is 4.98 Å². The van der Waals surface area contributed by atoms with Crippen molar-refractivity contribution in [3.8, 4) is 0 Å². The first kappa shape index (κ1) is 28.0. The Morgan fingerprint density at radius 3 is 2.59 bits per heavy atom. The molecule has 2 aromatic rings. The largest absolute Gasteiger partial charge is 0.395 e.